The van der Waals surface area contributed by atoms with E-state index in [4.69, 9.17) is 4.74 Å². The first kappa shape index (κ1) is 17.0. The smallest absolute Gasteiger partial charge is 0.218 e. The van der Waals surface area contributed by atoms with Gasteiger partial charge in [0.25, 0.3) is 0 Å². The fraction of sp³-hybridized carbons (Fsp3) is 0.706. The molecule has 0 saturated heterocycles. The lowest BCUT2D eigenvalue weighted by molar-refractivity contribution is 0.288. The number of rotatable bonds is 10. The quantitative estimate of drug-likeness (QED) is 0.653. The van der Waals surface area contributed by atoms with Gasteiger partial charge in [0, 0.05) is 17.8 Å². The van der Waals surface area contributed by atoms with E-state index in [0.717, 1.165) is 31.1 Å². The Balaban J connectivity index is 2.42. The third kappa shape index (κ3) is 5.91. The number of hydrogen-bond donors (Lipinski definition) is 1. The maximum Gasteiger partial charge on any atom is 0.218 e. The lowest BCUT2D eigenvalue weighted by Gasteiger charge is -2.13. The minimum Gasteiger partial charge on any atom is -0.477 e. The van der Waals surface area contributed by atoms with Gasteiger partial charge in [0.1, 0.15) is 0 Å². The van der Waals surface area contributed by atoms with Gasteiger partial charge in [-0.3, -0.25) is 0 Å². The van der Waals surface area contributed by atoms with E-state index in [2.05, 4.69) is 30.2 Å². The summed E-state index contributed by atoms with van der Waals surface area (Å²) in [6.45, 7) is 7.98. The first-order valence-corrected chi connectivity index (χ1v) is 7.93. The molecular weight excluding hydrogens is 248 g/mol. The molecule has 1 heterocycles. The van der Waals surface area contributed by atoms with E-state index in [9.17, 15) is 0 Å². The van der Waals surface area contributed by atoms with Crippen LogP contribution in [0.4, 0.5) is 0 Å². The van der Waals surface area contributed by atoms with Gasteiger partial charge in [-0.15, -0.1) is 0 Å². The molecule has 0 aromatic carbocycles. The van der Waals surface area contributed by atoms with Gasteiger partial charge in [-0.05, 0) is 38.9 Å². The Labute approximate surface area is 124 Å². The van der Waals surface area contributed by atoms with E-state index in [1.54, 1.807) is 0 Å². The predicted octanol–water partition coefficient (Wildman–Crippen LogP) is 4.16. The number of ether oxygens (including phenoxy) is 1. The van der Waals surface area contributed by atoms with Crippen LogP contribution >= 0.6 is 0 Å². The van der Waals surface area contributed by atoms with Crippen molar-refractivity contribution in [2.24, 2.45) is 0 Å². The van der Waals surface area contributed by atoms with Crippen molar-refractivity contribution in [1.82, 2.24) is 10.3 Å². The number of aryl methyl sites for hydroxylation is 2. The Morgan fingerprint density at radius 3 is 2.50 bits per heavy atom. The number of nitrogens with one attached hydrogen (secondary N) is 1. The van der Waals surface area contributed by atoms with Crippen molar-refractivity contribution in [2.75, 3.05) is 13.7 Å². The van der Waals surface area contributed by atoms with Gasteiger partial charge >= 0.3 is 0 Å². The van der Waals surface area contributed by atoms with Crippen molar-refractivity contribution >= 4 is 0 Å². The molecule has 1 aromatic rings. The van der Waals surface area contributed by atoms with Crippen LogP contribution in [0.3, 0.4) is 0 Å². The van der Waals surface area contributed by atoms with Crippen LogP contribution in [-0.2, 0) is 6.54 Å². The van der Waals surface area contributed by atoms with Crippen LogP contribution in [0.2, 0.25) is 0 Å². The highest BCUT2D eigenvalue weighted by Crippen LogP contribution is 2.21. The van der Waals surface area contributed by atoms with Crippen LogP contribution in [0.15, 0.2) is 6.07 Å². The van der Waals surface area contributed by atoms with Gasteiger partial charge in [0.05, 0.1) is 6.61 Å². The lowest BCUT2D eigenvalue weighted by atomic mass is 10.1. The van der Waals surface area contributed by atoms with Crippen LogP contribution < -0.4 is 10.1 Å². The summed E-state index contributed by atoms with van der Waals surface area (Å²) in [4.78, 5) is 4.54. The predicted molar refractivity (Wildman–Crippen MR) is 85.3 cm³/mol. The van der Waals surface area contributed by atoms with Crippen LogP contribution in [-0.4, -0.2) is 18.6 Å². The lowest BCUT2D eigenvalue weighted by Crippen LogP contribution is -2.11. The summed E-state index contributed by atoms with van der Waals surface area (Å²) >= 11 is 0. The Kier molecular flexibility index (Phi) is 8.28. The molecule has 0 amide bonds. The highest BCUT2D eigenvalue weighted by atomic mass is 16.5. The number of aromatic nitrogens is 1. The van der Waals surface area contributed by atoms with Gasteiger partial charge in [-0.1, -0.05) is 39.0 Å². The topological polar surface area (TPSA) is 34.1 Å². The summed E-state index contributed by atoms with van der Waals surface area (Å²) in [5.74, 6) is 0.811. The third-order valence-corrected chi connectivity index (χ3v) is 3.53. The average molecular weight is 278 g/mol. The van der Waals surface area contributed by atoms with Gasteiger partial charge in [-0.2, -0.15) is 0 Å². The summed E-state index contributed by atoms with van der Waals surface area (Å²) in [5, 5.41) is 3.19. The number of nitrogens with zero attached hydrogens (tertiary/aromatic N) is 1. The zero-order valence-corrected chi connectivity index (χ0v) is 13.6. The summed E-state index contributed by atoms with van der Waals surface area (Å²) in [6, 6.07) is 2.12. The van der Waals surface area contributed by atoms with E-state index in [-0.39, 0.29) is 0 Å². The van der Waals surface area contributed by atoms with Crippen molar-refractivity contribution in [3.8, 4) is 5.88 Å². The second kappa shape index (κ2) is 9.76. The largest absolute Gasteiger partial charge is 0.477 e. The second-order valence-electron chi connectivity index (χ2n) is 5.51. The Bertz CT molecular complexity index is 391. The molecule has 3 nitrogen and oxygen atoms in total. The number of unbranched alkanes of at least 4 members (excludes halogenated alkanes) is 5. The molecule has 1 N–H and O–H groups in total. The van der Waals surface area contributed by atoms with Crippen molar-refractivity contribution in [2.45, 2.75) is 65.8 Å². The molecule has 20 heavy (non-hydrogen) atoms. The van der Waals surface area contributed by atoms with Crippen molar-refractivity contribution in [3.63, 3.8) is 0 Å². The minimum atomic E-state index is 0.777. The van der Waals surface area contributed by atoms with Crippen molar-refractivity contribution in [1.29, 1.82) is 0 Å². The highest BCUT2D eigenvalue weighted by Gasteiger charge is 2.09. The van der Waals surface area contributed by atoms with Crippen molar-refractivity contribution < 1.29 is 4.74 Å². The standard InChI is InChI=1S/C17H30N2O/c1-5-6-7-8-9-10-11-20-17-16(13-18-4)14(2)12-15(3)19-17/h12,18H,5-11,13H2,1-4H3. The van der Waals surface area contributed by atoms with E-state index in [1.807, 2.05) is 14.0 Å². The Hall–Kier alpha value is -1.09. The summed E-state index contributed by atoms with van der Waals surface area (Å²) in [6.07, 6.45) is 7.70. The number of hydrogen-bond acceptors (Lipinski definition) is 3. The van der Waals surface area contributed by atoms with Gasteiger partial charge < -0.3 is 10.1 Å². The molecule has 0 aliphatic rings. The molecule has 1 rings (SSSR count). The maximum atomic E-state index is 5.91. The molecular formula is C17H30N2O. The molecule has 0 unspecified atom stereocenters. The first-order valence-electron chi connectivity index (χ1n) is 7.93. The Morgan fingerprint density at radius 1 is 1.10 bits per heavy atom. The van der Waals surface area contributed by atoms with Gasteiger partial charge in [-0.25, -0.2) is 4.98 Å². The SMILES string of the molecule is CCCCCCCCOc1nc(C)cc(C)c1CNC. The molecule has 3 heteroatoms. The second-order valence-corrected chi connectivity index (χ2v) is 5.51. The molecule has 0 bridgehead atoms. The molecule has 114 valence electrons. The normalized spacial score (nSPS) is 10.8. The van der Waals surface area contributed by atoms with E-state index < -0.39 is 0 Å². The van der Waals surface area contributed by atoms with Crippen LogP contribution in [0.25, 0.3) is 0 Å². The summed E-state index contributed by atoms with van der Waals surface area (Å²) < 4.78 is 5.91. The van der Waals surface area contributed by atoms with E-state index >= 15 is 0 Å². The van der Waals surface area contributed by atoms with Crippen LogP contribution in [0.1, 0.15) is 62.3 Å². The molecule has 0 aliphatic carbocycles. The van der Waals surface area contributed by atoms with E-state index in [0.29, 0.717) is 0 Å². The highest BCUT2D eigenvalue weighted by molar-refractivity contribution is 5.35. The monoisotopic (exact) mass is 278 g/mol. The van der Waals surface area contributed by atoms with Crippen LogP contribution in [0, 0.1) is 13.8 Å². The van der Waals surface area contributed by atoms with Crippen molar-refractivity contribution in [3.05, 3.63) is 22.9 Å². The zero-order chi connectivity index (χ0) is 14.8. The molecule has 0 atom stereocenters. The molecule has 0 aliphatic heterocycles. The molecule has 1 aromatic heterocycles. The Morgan fingerprint density at radius 2 is 1.80 bits per heavy atom. The molecule has 0 spiro atoms. The number of pyridine rings is 1. The summed E-state index contributed by atoms with van der Waals surface area (Å²) in [7, 11) is 1.96. The molecule has 0 fully saturated rings. The van der Waals surface area contributed by atoms with Gasteiger partial charge in [0.2, 0.25) is 5.88 Å². The molecule has 0 saturated carbocycles. The fourth-order valence-electron chi connectivity index (χ4n) is 2.39. The summed E-state index contributed by atoms with van der Waals surface area (Å²) in [5.41, 5.74) is 3.47. The average Bonchev–Trinajstić information content (AvgIpc) is 2.41. The zero-order valence-electron chi connectivity index (χ0n) is 13.6. The maximum absolute atomic E-state index is 5.91. The fourth-order valence-corrected chi connectivity index (χ4v) is 2.39. The van der Waals surface area contributed by atoms with Gasteiger partial charge in [0.15, 0.2) is 0 Å². The molecule has 0 radical (unpaired) electrons. The minimum absolute atomic E-state index is 0.777. The first-order chi connectivity index (χ1) is 9.69. The van der Waals surface area contributed by atoms with E-state index in [1.165, 1.54) is 43.2 Å². The van der Waals surface area contributed by atoms with Crippen LogP contribution in [0.5, 0.6) is 5.88 Å². The third-order valence-electron chi connectivity index (χ3n) is 3.53.